The number of amides is 1. The van der Waals surface area contributed by atoms with Gasteiger partial charge in [0.15, 0.2) is 11.5 Å². The first-order valence-electron chi connectivity index (χ1n) is 11.9. The minimum atomic E-state index is -0.508. The molecule has 34 heavy (non-hydrogen) atoms. The molecule has 0 N–H and O–H groups in total. The van der Waals surface area contributed by atoms with E-state index < -0.39 is 5.41 Å². The fourth-order valence-corrected chi connectivity index (χ4v) is 5.93. The topological polar surface area (TPSA) is 38.8 Å². The number of hydrogen-bond acceptors (Lipinski definition) is 3. The van der Waals surface area contributed by atoms with Gasteiger partial charge in [-0.05, 0) is 65.8 Å². The Morgan fingerprint density at radius 1 is 0.941 bits per heavy atom. The van der Waals surface area contributed by atoms with Crippen LogP contribution in [0.2, 0.25) is 5.02 Å². The molecule has 1 saturated carbocycles. The molecule has 0 radical (unpaired) electrons. The van der Waals surface area contributed by atoms with Crippen molar-refractivity contribution >= 4 is 17.5 Å². The van der Waals surface area contributed by atoms with Crippen LogP contribution >= 0.6 is 11.6 Å². The molecular weight excluding hydrogens is 446 g/mol. The molecule has 1 aliphatic heterocycles. The van der Waals surface area contributed by atoms with Crippen LogP contribution in [-0.4, -0.2) is 31.6 Å². The number of hydrogen-bond donors (Lipinski definition) is 0. The summed E-state index contributed by atoms with van der Waals surface area (Å²) in [4.78, 5) is 16.6. The molecule has 3 aromatic rings. The number of halogens is 1. The Balaban J connectivity index is 1.63. The molecule has 2 aliphatic rings. The molecule has 5 rings (SSSR count). The number of carbonyl (C=O) groups is 1. The van der Waals surface area contributed by atoms with Crippen LogP contribution in [0.25, 0.3) is 0 Å². The lowest BCUT2D eigenvalue weighted by molar-refractivity contribution is -0.139. The Morgan fingerprint density at radius 2 is 1.59 bits per heavy atom. The van der Waals surface area contributed by atoms with Gasteiger partial charge in [-0.1, -0.05) is 66.9 Å². The lowest BCUT2D eigenvalue weighted by atomic mass is 9.76. The van der Waals surface area contributed by atoms with Gasteiger partial charge in [-0.15, -0.1) is 0 Å². The molecule has 0 saturated heterocycles. The van der Waals surface area contributed by atoms with Crippen LogP contribution in [0.15, 0.2) is 66.7 Å². The number of ether oxygens (including phenoxy) is 2. The predicted octanol–water partition coefficient (Wildman–Crippen LogP) is 6.34. The zero-order valence-corrected chi connectivity index (χ0v) is 20.5. The Bertz CT molecular complexity index is 1170. The fourth-order valence-electron chi connectivity index (χ4n) is 5.81. The highest BCUT2D eigenvalue weighted by atomic mass is 35.5. The number of benzene rings is 3. The van der Waals surface area contributed by atoms with Crippen LogP contribution in [0.5, 0.6) is 11.5 Å². The van der Waals surface area contributed by atoms with Crippen molar-refractivity contribution in [2.24, 2.45) is 0 Å². The molecule has 176 valence electrons. The summed E-state index contributed by atoms with van der Waals surface area (Å²) in [6.07, 6.45) is 4.62. The highest BCUT2D eigenvalue weighted by Crippen LogP contribution is 2.47. The van der Waals surface area contributed by atoms with Gasteiger partial charge in [0.1, 0.15) is 0 Å². The summed E-state index contributed by atoms with van der Waals surface area (Å²) in [7, 11) is 3.31. The van der Waals surface area contributed by atoms with E-state index in [9.17, 15) is 4.79 Å². The molecule has 0 spiro atoms. The zero-order chi connectivity index (χ0) is 23.7. The molecule has 0 bridgehead atoms. The van der Waals surface area contributed by atoms with E-state index in [0.717, 1.165) is 54.5 Å². The van der Waals surface area contributed by atoms with Gasteiger partial charge in [0.05, 0.1) is 25.7 Å². The van der Waals surface area contributed by atoms with Crippen molar-refractivity contribution in [1.29, 1.82) is 0 Å². The van der Waals surface area contributed by atoms with E-state index in [1.54, 1.807) is 14.2 Å². The first kappa shape index (κ1) is 22.8. The van der Waals surface area contributed by atoms with E-state index in [2.05, 4.69) is 29.2 Å². The maximum absolute atomic E-state index is 14.5. The largest absolute Gasteiger partial charge is 0.493 e. The third kappa shape index (κ3) is 3.84. The second kappa shape index (κ2) is 9.34. The van der Waals surface area contributed by atoms with E-state index >= 15 is 0 Å². The molecule has 1 atom stereocenters. The Labute approximate surface area is 206 Å². The number of nitrogens with zero attached hydrogens (tertiary/aromatic N) is 1. The number of carbonyl (C=O) groups excluding carboxylic acids is 1. The van der Waals surface area contributed by atoms with Crippen molar-refractivity contribution in [3.05, 3.63) is 94.0 Å². The molecule has 0 aromatic heterocycles. The van der Waals surface area contributed by atoms with Crippen molar-refractivity contribution in [2.45, 2.75) is 43.6 Å². The molecule has 3 aromatic carbocycles. The minimum absolute atomic E-state index is 0.179. The third-order valence-corrected chi connectivity index (χ3v) is 7.77. The molecule has 1 aliphatic carbocycles. The van der Waals surface area contributed by atoms with E-state index in [1.807, 2.05) is 42.5 Å². The average Bonchev–Trinajstić information content (AvgIpc) is 3.38. The van der Waals surface area contributed by atoms with E-state index in [1.165, 1.54) is 5.56 Å². The van der Waals surface area contributed by atoms with Crippen LogP contribution in [-0.2, 0) is 16.6 Å². The second-order valence-electron chi connectivity index (χ2n) is 9.26. The van der Waals surface area contributed by atoms with Crippen molar-refractivity contribution in [3.63, 3.8) is 0 Å². The molecular formula is C29H30ClNO3. The summed E-state index contributed by atoms with van der Waals surface area (Å²) in [5, 5.41) is 0.694. The number of rotatable bonds is 5. The van der Waals surface area contributed by atoms with Gasteiger partial charge in [-0.25, -0.2) is 0 Å². The Morgan fingerprint density at radius 3 is 2.24 bits per heavy atom. The maximum Gasteiger partial charge on any atom is 0.234 e. The summed E-state index contributed by atoms with van der Waals surface area (Å²) in [5.74, 6) is 1.62. The first-order chi connectivity index (χ1) is 16.6. The molecule has 1 fully saturated rings. The molecule has 4 nitrogen and oxygen atoms in total. The van der Waals surface area contributed by atoms with Crippen molar-refractivity contribution < 1.29 is 14.3 Å². The monoisotopic (exact) mass is 475 g/mol. The van der Waals surface area contributed by atoms with Gasteiger partial charge in [0, 0.05) is 11.6 Å². The lowest BCUT2D eigenvalue weighted by Crippen LogP contribution is -2.49. The summed E-state index contributed by atoms with van der Waals surface area (Å²) < 4.78 is 11.2. The van der Waals surface area contributed by atoms with Gasteiger partial charge in [0.2, 0.25) is 5.91 Å². The molecule has 1 heterocycles. The Kier molecular flexibility index (Phi) is 6.26. The van der Waals surface area contributed by atoms with E-state index in [-0.39, 0.29) is 11.9 Å². The SMILES string of the molecule is COc1cc2c(cc1OC)[C@@H](c1ccccc1)N(C(=O)C1(c3ccc(Cl)cc3)CCCC1)CC2. The first-order valence-corrected chi connectivity index (χ1v) is 12.3. The van der Waals surface area contributed by atoms with Gasteiger partial charge in [0.25, 0.3) is 0 Å². The number of methoxy groups -OCH3 is 2. The molecule has 5 heteroatoms. The van der Waals surface area contributed by atoms with Crippen molar-refractivity contribution in [1.82, 2.24) is 4.90 Å². The summed E-state index contributed by atoms with van der Waals surface area (Å²) >= 11 is 6.19. The number of fused-ring (bicyclic) bond motifs is 1. The van der Waals surface area contributed by atoms with E-state index in [0.29, 0.717) is 17.3 Å². The quantitative estimate of drug-likeness (QED) is 0.432. The smallest absolute Gasteiger partial charge is 0.234 e. The van der Waals surface area contributed by atoms with Crippen LogP contribution in [0.3, 0.4) is 0 Å². The molecule has 1 amide bonds. The zero-order valence-electron chi connectivity index (χ0n) is 19.7. The lowest BCUT2D eigenvalue weighted by Gasteiger charge is -2.43. The van der Waals surface area contributed by atoms with Crippen LogP contribution in [0.1, 0.15) is 54.0 Å². The van der Waals surface area contributed by atoms with Gasteiger partial charge in [-0.2, -0.15) is 0 Å². The van der Waals surface area contributed by atoms with Crippen LogP contribution in [0, 0.1) is 0 Å². The fraction of sp³-hybridized carbons (Fsp3) is 0.345. The van der Waals surface area contributed by atoms with Gasteiger partial charge >= 0.3 is 0 Å². The van der Waals surface area contributed by atoms with Gasteiger partial charge < -0.3 is 14.4 Å². The normalized spacial score (nSPS) is 18.9. The highest BCUT2D eigenvalue weighted by molar-refractivity contribution is 6.30. The third-order valence-electron chi connectivity index (χ3n) is 7.51. The minimum Gasteiger partial charge on any atom is -0.493 e. The standard InChI is InChI=1S/C29H30ClNO3/c1-33-25-18-21-14-17-31(27(20-8-4-3-5-9-20)24(21)19-26(25)34-2)28(32)29(15-6-7-16-29)22-10-12-23(30)13-11-22/h3-5,8-13,18-19,27H,6-7,14-17H2,1-2H3/t27-/m1/s1. The van der Waals surface area contributed by atoms with Crippen molar-refractivity contribution in [2.75, 3.05) is 20.8 Å². The highest BCUT2D eigenvalue weighted by Gasteiger charge is 2.47. The summed E-state index contributed by atoms with van der Waals surface area (Å²) in [6, 6.07) is 22.1. The van der Waals surface area contributed by atoms with Gasteiger partial charge in [-0.3, -0.25) is 4.79 Å². The summed E-state index contributed by atoms with van der Waals surface area (Å²) in [5.41, 5.74) is 3.97. The summed E-state index contributed by atoms with van der Waals surface area (Å²) in [6.45, 7) is 0.663. The van der Waals surface area contributed by atoms with E-state index in [4.69, 9.17) is 21.1 Å². The maximum atomic E-state index is 14.5. The average molecular weight is 476 g/mol. The molecule has 0 unspecified atom stereocenters. The second-order valence-corrected chi connectivity index (χ2v) is 9.70. The van der Waals surface area contributed by atoms with Crippen LogP contribution < -0.4 is 9.47 Å². The van der Waals surface area contributed by atoms with Crippen LogP contribution in [0.4, 0.5) is 0 Å². The predicted molar refractivity (Wildman–Crippen MR) is 135 cm³/mol. The van der Waals surface area contributed by atoms with Crippen molar-refractivity contribution in [3.8, 4) is 11.5 Å². The Hall–Kier alpha value is -2.98.